The summed E-state index contributed by atoms with van der Waals surface area (Å²) in [6, 6.07) is 10.1. The predicted molar refractivity (Wildman–Crippen MR) is 64.6 cm³/mol. The summed E-state index contributed by atoms with van der Waals surface area (Å²) < 4.78 is 0. The first-order valence-electron chi connectivity index (χ1n) is 5.65. The number of ketones is 1. The van der Waals surface area contributed by atoms with Gasteiger partial charge in [-0.25, -0.2) is 0 Å². The van der Waals surface area contributed by atoms with Crippen molar-refractivity contribution in [2.75, 3.05) is 0 Å². The number of carbonyl (C=O) groups excluding carboxylic acids is 1. The lowest BCUT2D eigenvalue weighted by molar-refractivity contribution is -0.114. The van der Waals surface area contributed by atoms with Gasteiger partial charge in [-0.15, -0.1) is 0 Å². The van der Waals surface area contributed by atoms with Crippen molar-refractivity contribution in [2.24, 2.45) is 0 Å². The van der Waals surface area contributed by atoms with Gasteiger partial charge in [0.05, 0.1) is 0 Å². The molecule has 1 heteroatoms. The molecule has 1 aromatic rings. The van der Waals surface area contributed by atoms with E-state index in [0.29, 0.717) is 0 Å². The highest BCUT2D eigenvalue weighted by Crippen LogP contribution is 2.24. The molecule has 0 heterocycles. The average Bonchev–Trinajstić information content (AvgIpc) is 2.33. The Morgan fingerprint density at radius 3 is 2.27 bits per heavy atom. The van der Waals surface area contributed by atoms with Crippen LogP contribution in [0.5, 0.6) is 0 Å². The first-order chi connectivity index (χ1) is 7.36. The lowest BCUT2D eigenvalue weighted by atomic mass is 9.93. The van der Waals surface area contributed by atoms with Crippen molar-refractivity contribution >= 4 is 11.4 Å². The molecule has 2 rings (SSSR count). The third kappa shape index (κ3) is 3.35. The molecular formula is C14H18O. The summed E-state index contributed by atoms with van der Waals surface area (Å²) in [4.78, 5) is 11.2. The summed E-state index contributed by atoms with van der Waals surface area (Å²) in [6.07, 6.45) is 4.55. The van der Waals surface area contributed by atoms with Crippen molar-refractivity contribution in [3.8, 4) is 0 Å². The molecule has 0 saturated heterocycles. The zero-order valence-corrected chi connectivity index (χ0v) is 9.49. The molecule has 0 radical (unpaired) electrons. The van der Waals surface area contributed by atoms with E-state index in [-0.39, 0.29) is 5.78 Å². The molecule has 1 aromatic carbocycles. The zero-order chi connectivity index (χ0) is 11.1. The van der Waals surface area contributed by atoms with Gasteiger partial charge in [0.2, 0.25) is 0 Å². The van der Waals surface area contributed by atoms with Crippen molar-refractivity contribution in [2.45, 2.75) is 33.1 Å². The van der Waals surface area contributed by atoms with Gasteiger partial charge in [-0.1, -0.05) is 44.2 Å². The molecule has 1 aliphatic rings. The summed E-state index contributed by atoms with van der Waals surface area (Å²) >= 11 is 0. The van der Waals surface area contributed by atoms with Gasteiger partial charge in [-0.3, -0.25) is 4.79 Å². The van der Waals surface area contributed by atoms with Crippen LogP contribution in [0.2, 0.25) is 0 Å². The van der Waals surface area contributed by atoms with E-state index in [0.717, 1.165) is 19.3 Å². The standard InChI is InChI=1S/C12H12O.C2H6/c13-12-8-4-7-11(9-12)10-5-2-1-3-6-10;1-2/h1-3,5-6,9H,4,7-8H2;1-2H3. The topological polar surface area (TPSA) is 17.1 Å². The summed E-state index contributed by atoms with van der Waals surface area (Å²) in [5, 5.41) is 0. The van der Waals surface area contributed by atoms with Gasteiger partial charge < -0.3 is 0 Å². The second-order valence-corrected chi connectivity index (χ2v) is 3.36. The Kier molecular flexibility index (Phi) is 4.82. The van der Waals surface area contributed by atoms with Gasteiger partial charge in [0.1, 0.15) is 0 Å². The van der Waals surface area contributed by atoms with Crippen LogP contribution in [-0.4, -0.2) is 5.78 Å². The molecule has 0 spiro atoms. The van der Waals surface area contributed by atoms with Crippen molar-refractivity contribution < 1.29 is 4.79 Å². The van der Waals surface area contributed by atoms with Gasteiger partial charge in [-0.05, 0) is 30.1 Å². The monoisotopic (exact) mass is 202 g/mol. The molecular weight excluding hydrogens is 184 g/mol. The molecule has 80 valence electrons. The highest BCUT2D eigenvalue weighted by atomic mass is 16.1. The summed E-state index contributed by atoms with van der Waals surface area (Å²) in [7, 11) is 0. The van der Waals surface area contributed by atoms with Gasteiger partial charge in [-0.2, -0.15) is 0 Å². The highest BCUT2D eigenvalue weighted by molar-refractivity contribution is 5.98. The van der Waals surface area contributed by atoms with Crippen LogP contribution in [0.4, 0.5) is 0 Å². The number of rotatable bonds is 1. The van der Waals surface area contributed by atoms with Crippen LogP contribution in [0.25, 0.3) is 5.57 Å². The third-order valence-corrected chi connectivity index (χ3v) is 2.35. The molecule has 0 amide bonds. The van der Waals surface area contributed by atoms with Crippen molar-refractivity contribution in [1.82, 2.24) is 0 Å². The van der Waals surface area contributed by atoms with E-state index in [1.54, 1.807) is 6.08 Å². The zero-order valence-electron chi connectivity index (χ0n) is 9.49. The Labute approximate surface area is 91.8 Å². The predicted octanol–water partition coefficient (Wildman–Crippen LogP) is 3.85. The molecule has 0 aliphatic heterocycles. The number of hydrogen-bond donors (Lipinski definition) is 0. The fourth-order valence-electron chi connectivity index (χ4n) is 1.67. The molecule has 0 unspecified atom stereocenters. The smallest absolute Gasteiger partial charge is 0.155 e. The Balaban J connectivity index is 0.000000531. The van der Waals surface area contributed by atoms with E-state index in [9.17, 15) is 4.79 Å². The van der Waals surface area contributed by atoms with Crippen LogP contribution in [0, 0.1) is 0 Å². The molecule has 1 nitrogen and oxygen atoms in total. The Morgan fingerprint density at radius 1 is 1.00 bits per heavy atom. The number of allylic oxidation sites excluding steroid dienone is 2. The third-order valence-electron chi connectivity index (χ3n) is 2.35. The van der Waals surface area contributed by atoms with Crippen molar-refractivity contribution in [1.29, 1.82) is 0 Å². The van der Waals surface area contributed by atoms with Crippen LogP contribution in [-0.2, 0) is 4.79 Å². The van der Waals surface area contributed by atoms with Crippen LogP contribution in [0.1, 0.15) is 38.7 Å². The van der Waals surface area contributed by atoms with E-state index in [1.165, 1.54) is 11.1 Å². The lowest BCUT2D eigenvalue weighted by Gasteiger charge is -2.11. The molecule has 15 heavy (non-hydrogen) atoms. The minimum Gasteiger partial charge on any atom is -0.295 e. The maximum Gasteiger partial charge on any atom is 0.155 e. The fraction of sp³-hybridized carbons (Fsp3) is 0.357. The van der Waals surface area contributed by atoms with E-state index < -0.39 is 0 Å². The summed E-state index contributed by atoms with van der Waals surface area (Å²) in [6.45, 7) is 4.00. The minimum atomic E-state index is 0.269. The van der Waals surface area contributed by atoms with E-state index in [2.05, 4.69) is 12.1 Å². The Morgan fingerprint density at radius 2 is 1.67 bits per heavy atom. The second kappa shape index (κ2) is 6.18. The molecule has 0 aromatic heterocycles. The normalized spacial score (nSPS) is 15.1. The van der Waals surface area contributed by atoms with Crippen LogP contribution in [0.15, 0.2) is 36.4 Å². The number of benzene rings is 1. The minimum absolute atomic E-state index is 0.269. The maximum absolute atomic E-state index is 11.2. The maximum atomic E-state index is 11.2. The quantitative estimate of drug-likeness (QED) is 0.676. The molecule has 1 aliphatic carbocycles. The van der Waals surface area contributed by atoms with Gasteiger partial charge in [0.15, 0.2) is 5.78 Å². The second-order valence-electron chi connectivity index (χ2n) is 3.36. The van der Waals surface area contributed by atoms with E-state index in [1.807, 2.05) is 32.0 Å². The molecule has 0 bridgehead atoms. The summed E-state index contributed by atoms with van der Waals surface area (Å²) in [5.41, 5.74) is 2.38. The Hall–Kier alpha value is -1.37. The van der Waals surface area contributed by atoms with Crippen molar-refractivity contribution in [3.63, 3.8) is 0 Å². The SMILES string of the molecule is CC.O=C1C=C(c2ccccc2)CCC1. The molecule has 0 saturated carbocycles. The number of carbonyl (C=O) groups is 1. The number of hydrogen-bond acceptors (Lipinski definition) is 1. The van der Waals surface area contributed by atoms with Gasteiger partial charge in [0, 0.05) is 6.42 Å². The van der Waals surface area contributed by atoms with Crippen LogP contribution in [0.3, 0.4) is 0 Å². The summed E-state index contributed by atoms with van der Waals surface area (Å²) in [5.74, 6) is 0.269. The molecule has 0 N–H and O–H groups in total. The first kappa shape index (κ1) is 11.7. The van der Waals surface area contributed by atoms with Crippen molar-refractivity contribution in [3.05, 3.63) is 42.0 Å². The average molecular weight is 202 g/mol. The van der Waals surface area contributed by atoms with E-state index in [4.69, 9.17) is 0 Å². The largest absolute Gasteiger partial charge is 0.295 e. The molecule has 0 fully saturated rings. The van der Waals surface area contributed by atoms with Gasteiger partial charge >= 0.3 is 0 Å². The highest BCUT2D eigenvalue weighted by Gasteiger charge is 2.10. The fourth-order valence-corrected chi connectivity index (χ4v) is 1.67. The van der Waals surface area contributed by atoms with Crippen LogP contribution >= 0.6 is 0 Å². The van der Waals surface area contributed by atoms with Crippen LogP contribution < -0.4 is 0 Å². The first-order valence-corrected chi connectivity index (χ1v) is 5.65. The lowest BCUT2D eigenvalue weighted by Crippen LogP contribution is -2.01. The Bertz CT molecular complexity index is 336. The van der Waals surface area contributed by atoms with E-state index >= 15 is 0 Å². The molecule has 0 atom stereocenters. The van der Waals surface area contributed by atoms with Gasteiger partial charge in [0.25, 0.3) is 0 Å².